The molecular formula is C12H20N2O5. The summed E-state index contributed by atoms with van der Waals surface area (Å²) in [6, 6.07) is -1.36. The van der Waals surface area contributed by atoms with Crippen molar-refractivity contribution in [3.05, 3.63) is 0 Å². The maximum Gasteiger partial charge on any atom is 0.326 e. The average Bonchev–Trinajstić information content (AvgIpc) is 2.98. The van der Waals surface area contributed by atoms with Crippen LogP contribution in [0.5, 0.6) is 0 Å². The number of β-amino-alcohol motifs (C(OH)–C–C–N with tert-alkyl or cyclic N) is 1. The van der Waals surface area contributed by atoms with Crippen molar-refractivity contribution in [3.63, 3.8) is 0 Å². The standard InChI is InChI=1S/C12H20N2O5/c15-8-6-10(11(16)17)14(7-8)12(18)13-4-3-9-2-1-5-19-9/h8-10,15H,1-7H2,(H,13,18)(H,16,17). The molecule has 2 aliphatic rings. The van der Waals surface area contributed by atoms with Gasteiger partial charge in [-0.3, -0.25) is 0 Å². The van der Waals surface area contributed by atoms with E-state index < -0.39 is 24.1 Å². The highest BCUT2D eigenvalue weighted by atomic mass is 16.5. The number of hydrogen-bond donors (Lipinski definition) is 3. The van der Waals surface area contributed by atoms with E-state index in [9.17, 15) is 14.7 Å². The van der Waals surface area contributed by atoms with E-state index in [-0.39, 0.29) is 19.1 Å². The molecule has 0 aromatic carbocycles. The third-order valence-corrected chi connectivity index (χ3v) is 3.59. The average molecular weight is 272 g/mol. The van der Waals surface area contributed by atoms with Gasteiger partial charge >= 0.3 is 12.0 Å². The van der Waals surface area contributed by atoms with Crippen molar-refractivity contribution in [2.75, 3.05) is 19.7 Å². The number of aliphatic hydroxyl groups excluding tert-OH is 1. The molecule has 0 spiro atoms. The summed E-state index contributed by atoms with van der Waals surface area (Å²) < 4.78 is 5.44. The molecule has 7 heteroatoms. The Hall–Kier alpha value is -1.34. The number of ether oxygens (including phenoxy) is 1. The number of carbonyl (C=O) groups is 2. The van der Waals surface area contributed by atoms with E-state index in [0.29, 0.717) is 6.54 Å². The molecule has 2 heterocycles. The zero-order valence-electron chi connectivity index (χ0n) is 10.7. The second kappa shape index (κ2) is 6.21. The van der Waals surface area contributed by atoms with E-state index in [0.717, 1.165) is 25.9 Å². The number of likely N-dealkylation sites (tertiary alicyclic amines) is 1. The van der Waals surface area contributed by atoms with Gasteiger partial charge in [0.1, 0.15) is 6.04 Å². The van der Waals surface area contributed by atoms with Crippen molar-refractivity contribution in [2.24, 2.45) is 0 Å². The number of aliphatic carboxylic acids is 1. The van der Waals surface area contributed by atoms with Crippen LogP contribution in [-0.2, 0) is 9.53 Å². The minimum atomic E-state index is -1.08. The van der Waals surface area contributed by atoms with Crippen LogP contribution in [0.3, 0.4) is 0 Å². The number of carbonyl (C=O) groups excluding carboxylic acids is 1. The smallest absolute Gasteiger partial charge is 0.326 e. The largest absolute Gasteiger partial charge is 0.480 e. The van der Waals surface area contributed by atoms with E-state index >= 15 is 0 Å². The summed E-state index contributed by atoms with van der Waals surface area (Å²) in [6.45, 7) is 1.31. The maximum atomic E-state index is 11.9. The van der Waals surface area contributed by atoms with E-state index in [1.807, 2.05) is 0 Å². The molecule has 0 bridgehead atoms. The number of hydrogen-bond acceptors (Lipinski definition) is 4. The zero-order valence-corrected chi connectivity index (χ0v) is 10.7. The summed E-state index contributed by atoms with van der Waals surface area (Å²) in [5.41, 5.74) is 0. The first-order valence-corrected chi connectivity index (χ1v) is 6.65. The minimum Gasteiger partial charge on any atom is -0.480 e. The fourth-order valence-corrected chi connectivity index (χ4v) is 2.59. The van der Waals surface area contributed by atoms with Crippen molar-refractivity contribution >= 4 is 12.0 Å². The highest BCUT2D eigenvalue weighted by Crippen LogP contribution is 2.18. The van der Waals surface area contributed by atoms with Gasteiger partial charge in [0.25, 0.3) is 0 Å². The molecule has 2 amide bonds. The lowest BCUT2D eigenvalue weighted by Gasteiger charge is -2.22. The molecule has 2 rings (SSSR count). The summed E-state index contributed by atoms with van der Waals surface area (Å²) in [6.07, 6.45) is 2.33. The van der Waals surface area contributed by atoms with Crippen molar-refractivity contribution in [3.8, 4) is 0 Å². The van der Waals surface area contributed by atoms with Crippen LogP contribution in [0, 0.1) is 0 Å². The molecule has 0 aromatic rings. The Morgan fingerprint density at radius 2 is 2.21 bits per heavy atom. The van der Waals surface area contributed by atoms with Gasteiger partial charge in [-0.1, -0.05) is 0 Å². The molecule has 3 atom stereocenters. The van der Waals surface area contributed by atoms with E-state index in [4.69, 9.17) is 9.84 Å². The topological polar surface area (TPSA) is 99.1 Å². The van der Waals surface area contributed by atoms with Crippen molar-refractivity contribution in [2.45, 2.75) is 43.9 Å². The molecule has 7 nitrogen and oxygen atoms in total. The SMILES string of the molecule is O=C(O)C1CC(O)CN1C(=O)NCCC1CCCO1. The molecule has 0 aromatic heterocycles. The summed E-state index contributed by atoms with van der Waals surface area (Å²) in [5.74, 6) is -1.08. The molecule has 0 radical (unpaired) electrons. The van der Waals surface area contributed by atoms with Gasteiger partial charge in [-0.15, -0.1) is 0 Å². The predicted molar refractivity (Wildman–Crippen MR) is 65.7 cm³/mol. The summed E-state index contributed by atoms with van der Waals surface area (Å²) in [7, 11) is 0. The van der Waals surface area contributed by atoms with Crippen LogP contribution in [0.4, 0.5) is 4.79 Å². The Kier molecular flexibility index (Phi) is 4.60. The molecule has 0 saturated carbocycles. The Balaban J connectivity index is 1.76. The summed E-state index contributed by atoms with van der Waals surface area (Å²) in [5, 5.41) is 21.1. The molecule has 2 aliphatic heterocycles. The summed E-state index contributed by atoms with van der Waals surface area (Å²) in [4.78, 5) is 24.1. The molecule has 0 aliphatic carbocycles. The fourth-order valence-electron chi connectivity index (χ4n) is 2.59. The number of rotatable bonds is 4. The van der Waals surface area contributed by atoms with Crippen LogP contribution in [-0.4, -0.2) is 65.1 Å². The van der Waals surface area contributed by atoms with Crippen LogP contribution >= 0.6 is 0 Å². The Bertz CT molecular complexity index is 343. The summed E-state index contributed by atoms with van der Waals surface area (Å²) >= 11 is 0. The monoisotopic (exact) mass is 272 g/mol. The minimum absolute atomic E-state index is 0.0722. The lowest BCUT2D eigenvalue weighted by Crippen LogP contribution is -2.46. The lowest BCUT2D eigenvalue weighted by molar-refractivity contribution is -0.141. The highest BCUT2D eigenvalue weighted by Gasteiger charge is 2.38. The van der Waals surface area contributed by atoms with Crippen molar-refractivity contribution in [1.82, 2.24) is 10.2 Å². The van der Waals surface area contributed by atoms with Crippen LogP contribution < -0.4 is 5.32 Å². The third-order valence-electron chi connectivity index (χ3n) is 3.59. The molecular weight excluding hydrogens is 252 g/mol. The first-order chi connectivity index (χ1) is 9.08. The first kappa shape index (κ1) is 14.1. The molecule has 108 valence electrons. The van der Waals surface area contributed by atoms with Crippen molar-refractivity contribution < 1.29 is 24.5 Å². The molecule has 19 heavy (non-hydrogen) atoms. The van der Waals surface area contributed by atoms with Crippen LogP contribution in [0.15, 0.2) is 0 Å². The van der Waals surface area contributed by atoms with Gasteiger partial charge in [0.05, 0.1) is 12.2 Å². The van der Waals surface area contributed by atoms with Gasteiger partial charge in [0, 0.05) is 26.1 Å². The van der Waals surface area contributed by atoms with Gasteiger partial charge in [-0.25, -0.2) is 9.59 Å². The third kappa shape index (κ3) is 3.57. The van der Waals surface area contributed by atoms with Gasteiger partial charge < -0.3 is 25.2 Å². The number of nitrogens with one attached hydrogen (secondary N) is 1. The van der Waals surface area contributed by atoms with Gasteiger partial charge in [-0.05, 0) is 19.3 Å². The number of carboxylic acid groups (broad SMARTS) is 1. The van der Waals surface area contributed by atoms with E-state index in [2.05, 4.69) is 5.32 Å². The van der Waals surface area contributed by atoms with Crippen LogP contribution in [0.2, 0.25) is 0 Å². The number of nitrogens with zero attached hydrogens (tertiary/aromatic N) is 1. The van der Waals surface area contributed by atoms with Crippen molar-refractivity contribution in [1.29, 1.82) is 0 Å². The molecule has 2 saturated heterocycles. The highest BCUT2D eigenvalue weighted by molar-refractivity contribution is 5.83. The molecule has 3 N–H and O–H groups in total. The Morgan fingerprint density at radius 1 is 1.42 bits per heavy atom. The normalized spacial score (nSPS) is 30.6. The first-order valence-electron chi connectivity index (χ1n) is 6.65. The van der Waals surface area contributed by atoms with Gasteiger partial charge in [0.15, 0.2) is 0 Å². The van der Waals surface area contributed by atoms with Gasteiger partial charge in [-0.2, -0.15) is 0 Å². The quantitative estimate of drug-likeness (QED) is 0.657. The zero-order chi connectivity index (χ0) is 13.8. The Labute approximate surface area is 111 Å². The Morgan fingerprint density at radius 3 is 2.84 bits per heavy atom. The van der Waals surface area contributed by atoms with E-state index in [1.165, 1.54) is 4.90 Å². The fraction of sp³-hybridized carbons (Fsp3) is 0.833. The number of aliphatic hydroxyl groups is 1. The molecule has 3 unspecified atom stereocenters. The number of amides is 2. The number of carboxylic acids is 1. The number of urea groups is 1. The van der Waals surface area contributed by atoms with Crippen LogP contribution in [0.1, 0.15) is 25.7 Å². The molecule has 2 fully saturated rings. The van der Waals surface area contributed by atoms with Gasteiger partial charge in [0.2, 0.25) is 0 Å². The maximum absolute atomic E-state index is 11.9. The second-order valence-electron chi connectivity index (χ2n) is 5.05. The second-order valence-corrected chi connectivity index (χ2v) is 5.05. The lowest BCUT2D eigenvalue weighted by atomic mass is 10.2. The van der Waals surface area contributed by atoms with Crippen LogP contribution in [0.25, 0.3) is 0 Å². The predicted octanol–water partition coefficient (Wildman–Crippen LogP) is -0.215. The van der Waals surface area contributed by atoms with E-state index in [1.54, 1.807) is 0 Å².